The zero-order valence-electron chi connectivity index (χ0n) is 20.9. The highest BCUT2D eigenvalue weighted by Crippen LogP contribution is 2.37. The number of hydrogen-bond donors (Lipinski definition) is 1. The number of fused-ring (bicyclic) bond motifs is 1. The minimum absolute atomic E-state index is 0.0943. The van der Waals surface area contributed by atoms with E-state index in [-0.39, 0.29) is 11.4 Å². The number of carbonyl (C=O) groups excluding carboxylic acids is 1. The maximum Gasteiger partial charge on any atom is 0.283 e. The molecule has 7 nitrogen and oxygen atoms in total. The molecule has 2 heterocycles. The smallest absolute Gasteiger partial charge is 0.283 e. The maximum atomic E-state index is 12.9. The number of hydrogen-bond acceptors (Lipinski definition) is 6. The van der Waals surface area contributed by atoms with E-state index in [0.717, 1.165) is 22.6 Å². The van der Waals surface area contributed by atoms with Crippen molar-refractivity contribution >= 4 is 40.4 Å². The van der Waals surface area contributed by atoms with Crippen molar-refractivity contribution in [3.63, 3.8) is 0 Å². The predicted molar refractivity (Wildman–Crippen MR) is 152 cm³/mol. The van der Waals surface area contributed by atoms with Gasteiger partial charge in [-0.25, -0.2) is 0 Å². The van der Waals surface area contributed by atoms with E-state index in [0.29, 0.717) is 42.9 Å². The van der Waals surface area contributed by atoms with Gasteiger partial charge in [-0.2, -0.15) is 4.99 Å². The first-order chi connectivity index (χ1) is 18.6. The van der Waals surface area contributed by atoms with E-state index in [1.165, 1.54) is 11.8 Å². The quantitative estimate of drug-likeness (QED) is 0.249. The van der Waals surface area contributed by atoms with E-state index in [4.69, 9.17) is 19.6 Å². The SMILES string of the molecule is CCOc1cc(/C=C2/C(=N)N3C(c4ccccc4)=CSC3=NC2=O)ccc1OCCCOc1ccccc1. The molecule has 0 unspecified atom stereocenters. The molecule has 38 heavy (non-hydrogen) atoms. The van der Waals surface area contributed by atoms with Crippen LogP contribution in [0.3, 0.4) is 0 Å². The monoisotopic (exact) mass is 525 g/mol. The molecule has 1 amide bonds. The van der Waals surface area contributed by atoms with Crippen molar-refractivity contribution in [2.75, 3.05) is 19.8 Å². The van der Waals surface area contributed by atoms with Gasteiger partial charge in [-0.05, 0) is 48.4 Å². The maximum absolute atomic E-state index is 12.9. The molecular formula is C30H27N3O4S. The highest BCUT2D eigenvalue weighted by Gasteiger charge is 2.36. The second-order valence-corrected chi connectivity index (χ2v) is 9.27. The number of nitrogens with one attached hydrogen (secondary N) is 1. The molecule has 3 aromatic rings. The van der Waals surface area contributed by atoms with Crippen LogP contribution in [0.15, 0.2) is 94.8 Å². The van der Waals surface area contributed by atoms with Crippen molar-refractivity contribution in [1.82, 2.24) is 4.90 Å². The molecule has 2 aliphatic heterocycles. The van der Waals surface area contributed by atoms with Crippen LogP contribution in [0.25, 0.3) is 11.8 Å². The van der Waals surface area contributed by atoms with Crippen LogP contribution < -0.4 is 14.2 Å². The number of thioether (sulfide) groups is 1. The minimum atomic E-state index is -0.437. The lowest BCUT2D eigenvalue weighted by Gasteiger charge is -2.27. The molecular weight excluding hydrogens is 498 g/mol. The van der Waals surface area contributed by atoms with Crippen molar-refractivity contribution in [2.45, 2.75) is 13.3 Å². The molecule has 3 aromatic carbocycles. The van der Waals surface area contributed by atoms with E-state index in [2.05, 4.69) is 4.99 Å². The van der Waals surface area contributed by atoms with Crippen molar-refractivity contribution in [3.8, 4) is 17.2 Å². The molecule has 2 aliphatic rings. The molecule has 0 fully saturated rings. The number of nitrogens with zero attached hydrogens (tertiary/aromatic N) is 2. The number of amidine groups is 2. The van der Waals surface area contributed by atoms with Crippen LogP contribution in [0.4, 0.5) is 0 Å². The third kappa shape index (κ3) is 5.65. The summed E-state index contributed by atoms with van der Waals surface area (Å²) < 4.78 is 17.5. The third-order valence-corrected chi connectivity index (χ3v) is 6.65. The van der Waals surface area contributed by atoms with Gasteiger partial charge >= 0.3 is 0 Å². The Kier molecular flexibility index (Phi) is 7.89. The number of carbonyl (C=O) groups is 1. The molecule has 5 rings (SSSR count). The Morgan fingerprint density at radius 3 is 2.42 bits per heavy atom. The van der Waals surface area contributed by atoms with Crippen molar-refractivity contribution in [2.24, 2.45) is 4.99 Å². The fraction of sp³-hybridized carbons (Fsp3) is 0.167. The van der Waals surface area contributed by atoms with Crippen LogP contribution in [-0.4, -0.2) is 41.6 Å². The van der Waals surface area contributed by atoms with Crippen LogP contribution in [0, 0.1) is 5.41 Å². The number of ether oxygens (including phenoxy) is 3. The Balaban J connectivity index is 1.29. The molecule has 8 heteroatoms. The first-order valence-electron chi connectivity index (χ1n) is 12.4. The summed E-state index contributed by atoms with van der Waals surface area (Å²) in [7, 11) is 0. The average molecular weight is 526 g/mol. The van der Waals surface area contributed by atoms with Gasteiger partial charge in [0.25, 0.3) is 5.91 Å². The molecule has 0 radical (unpaired) electrons. The summed E-state index contributed by atoms with van der Waals surface area (Å²) in [6.45, 7) is 3.38. The molecule has 0 aromatic heterocycles. The fourth-order valence-corrected chi connectivity index (χ4v) is 4.92. The molecule has 192 valence electrons. The molecule has 0 atom stereocenters. The van der Waals surface area contributed by atoms with E-state index in [1.807, 2.05) is 91.2 Å². The highest BCUT2D eigenvalue weighted by molar-refractivity contribution is 8.17. The third-order valence-electron chi connectivity index (χ3n) is 5.82. The standard InChI is InChI=1S/C30H27N3O4S/c1-2-35-27-19-21(14-15-26(27)37-17-9-16-36-23-12-7-4-8-13-23)18-24-28(31)33-25(22-10-5-3-6-11-22)20-38-30(33)32-29(24)34/h3-8,10-15,18-20,31H,2,9,16-17H2,1H3/b24-18-,31-28?. The van der Waals surface area contributed by atoms with Gasteiger partial charge in [0.15, 0.2) is 16.7 Å². The van der Waals surface area contributed by atoms with Gasteiger partial charge in [-0.3, -0.25) is 15.1 Å². The van der Waals surface area contributed by atoms with E-state index >= 15 is 0 Å². The van der Waals surface area contributed by atoms with Crippen molar-refractivity contribution < 1.29 is 19.0 Å². The van der Waals surface area contributed by atoms with Gasteiger partial charge in [0.05, 0.1) is 31.1 Å². The molecule has 0 bridgehead atoms. The summed E-state index contributed by atoms with van der Waals surface area (Å²) in [4.78, 5) is 18.8. The number of amides is 1. The summed E-state index contributed by atoms with van der Waals surface area (Å²) in [5.74, 6) is 1.68. The number of aliphatic imine (C=N–C) groups is 1. The zero-order chi connectivity index (χ0) is 26.3. The lowest BCUT2D eigenvalue weighted by atomic mass is 10.1. The normalized spacial score (nSPS) is 15.7. The second-order valence-electron chi connectivity index (χ2n) is 8.43. The first kappa shape index (κ1) is 25.4. The van der Waals surface area contributed by atoms with Gasteiger partial charge in [0, 0.05) is 11.8 Å². The Labute approximate surface area is 225 Å². The minimum Gasteiger partial charge on any atom is -0.493 e. The topological polar surface area (TPSA) is 84.2 Å². The molecule has 0 saturated heterocycles. The van der Waals surface area contributed by atoms with Gasteiger partial charge in [0.1, 0.15) is 11.6 Å². The van der Waals surface area contributed by atoms with Crippen LogP contribution in [0.1, 0.15) is 24.5 Å². The van der Waals surface area contributed by atoms with Gasteiger partial charge in [-0.1, -0.05) is 66.4 Å². The van der Waals surface area contributed by atoms with E-state index < -0.39 is 5.91 Å². The highest BCUT2D eigenvalue weighted by atomic mass is 32.2. The lowest BCUT2D eigenvalue weighted by molar-refractivity contribution is -0.114. The van der Waals surface area contributed by atoms with Gasteiger partial charge < -0.3 is 14.2 Å². The van der Waals surface area contributed by atoms with Crippen LogP contribution in [0.5, 0.6) is 17.2 Å². The van der Waals surface area contributed by atoms with Gasteiger partial charge in [-0.15, -0.1) is 0 Å². The number of benzene rings is 3. The number of para-hydroxylation sites is 1. The fourth-order valence-electron chi connectivity index (χ4n) is 4.03. The van der Waals surface area contributed by atoms with Crippen molar-refractivity contribution in [3.05, 3.63) is 101 Å². The predicted octanol–water partition coefficient (Wildman–Crippen LogP) is 6.24. The van der Waals surface area contributed by atoms with E-state index in [9.17, 15) is 4.79 Å². The van der Waals surface area contributed by atoms with Crippen LogP contribution in [0.2, 0.25) is 0 Å². The average Bonchev–Trinajstić information content (AvgIpc) is 3.37. The van der Waals surface area contributed by atoms with Crippen LogP contribution >= 0.6 is 11.8 Å². The Hall–Kier alpha value is -4.30. The molecule has 1 N–H and O–H groups in total. The molecule has 0 spiro atoms. The summed E-state index contributed by atoms with van der Waals surface area (Å²) in [5, 5.41) is 11.2. The Bertz CT molecular complexity index is 1420. The zero-order valence-corrected chi connectivity index (χ0v) is 21.7. The Morgan fingerprint density at radius 1 is 0.921 bits per heavy atom. The van der Waals surface area contributed by atoms with Gasteiger partial charge in [0.2, 0.25) is 0 Å². The van der Waals surface area contributed by atoms with Crippen LogP contribution in [-0.2, 0) is 4.79 Å². The largest absolute Gasteiger partial charge is 0.493 e. The summed E-state index contributed by atoms with van der Waals surface area (Å²) in [5.41, 5.74) is 2.72. The van der Waals surface area contributed by atoms with E-state index in [1.54, 1.807) is 11.0 Å². The lowest BCUT2D eigenvalue weighted by Crippen LogP contribution is -2.38. The Morgan fingerprint density at radius 2 is 1.66 bits per heavy atom. The number of rotatable bonds is 10. The second kappa shape index (κ2) is 11.8. The molecule has 0 saturated carbocycles. The van der Waals surface area contributed by atoms with Crippen molar-refractivity contribution in [1.29, 1.82) is 5.41 Å². The summed E-state index contributed by atoms with van der Waals surface area (Å²) in [6, 6.07) is 24.9. The summed E-state index contributed by atoms with van der Waals surface area (Å²) in [6.07, 6.45) is 2.39. The molecule has 0 aliphatic carbocycles. The summed E-state index contributed by atoms with van der Waals surface area (Å²) >= 11 is 1.35. The first-order valence-corrected chi connectivity index (χ1v) is 13.3.